The number of rotatable bonds is 8. The molecule has 0 aliphatic rings. The lowest BCUT2D eigenvalue weighted by molar-refractivity contribution is -0.120. The number of halogens is 1. The van der Waals surface area contributed by atoms with E-state index in [4.69, 9.17) is 0 Å². The third-order valence-electron chi connectivity index (χ3n) is 5.46. The molecule has 0 spiro atoms. The first-order valence-electron chi connectivity index (χ1n) is 11.0. The predicted octanol–water partition coefficient (Wildman–Crippen LogP) is 4.21. The smallest absolute Gasteiger partial charge is 0.268 e. The number of aromatic nitrogens is 4. The highest BCUT2D eigenvalue weighted by molar-refractivity contribution is 7.15. The number of aryl methyl sites for hydroxylation is 2. The normalized spacial score (nSPS) is 11.3. The van der Waals surface area contributed by atoms with Gasteiger partial charge >= 0.3 is 0 Å². The SMILES string of the molecule is CCCCCNC(=O)Cc1csc2nc(C)c(-c3cc(C)n(-c4cccc(F)c4)n3)c(=O)n12. The molecule has 0 unspecified atom stereocenters. The van der Waals surface area contributed by atoms with Crippen LogP contribution in [0.25, 0.3) is 21.9 Å². The number of carbonyl (C=O) groups excluding carboxylic acids is 1. The van der Waals surface area contributed by atoms with Gasteiger partial charge in [-0.15, -0.1) is 11.3 Å². The molecule has 9 heteroatoms. The van der Waals surface area contributed by atoms with Gasteiger partial charge in [-0.05, 0) is 44.5 Å². The molecule has 3 aromatic heterocycles. The number of unbranched alkanes of at least 4 members (excludes halogenated alkanes) is 2. The zero-order valence-electron chi connectivity index (χ0n) is 18.9. The lowest BCUT2D eigenvalue weighted by Crippen LogP contribution is -2.28. The molecule has 0 saturated carbocycles. The fraction of sp³-hybridized carbons (Fsp3) is 0.333. The van der Waals surface area contributed by atoms with Crippen LogP contribution in [0.15, 0.2) is 40.5 Å². The molecular weight excluding hydrogens is 441 g/mol. The Kier molecular flexibility index (Phi) is 6.69. The summed E-state index contributed by atoms with van der Waals surface area (Å²) in [7, 11) is 0. The number of nitrogens with zero attached hydrogens (tertiary/aromatic N) is 4. The second kappa shape index (κ2) is 9.66. The Hall–Kier alpha value is -3.33. The first kappa shape index (κ1) is 22.8. The minimum atomic E-state index is -0.362. The van der Waals surface area contributed by atoms with Gasteiger partial charge in [0.2, 0.25) is 5.91 Å². The summed E-state index contributed by atoms with van der Waals surface area (Å²) < 4.78 is 16.8. The highest BCUT2D eigenvalue weighted by Crippen LogP contribution is 2.23. The van der Waals surface area contributed by atoms with Crippen LogP contribution in [0.5, 0.6) is 0 Å². The largest absolute Gasteiger partial charge is 0.356 e. The van der Waals surface area contributed by atoms with Crippen molar-refractivity contribution in [3.63, 3.8) is 0 Å². The highest BCUT2D eigenvalue weighted by Gasteiger charge is 2.20. The van der Waals surface area contributed by atoms with Crippen LogP contribution < -0.4 is 10.9 Å². The van der Waals surface area contributed by atoms with Gasteiger partial charge in [0.05, 0.1) is 23.4 Å². The van der Waals surface area contributed by atoms with Gasteiger partial charge in [0, 0.05) is 23.3 Å². The van der Waals surface area contributed by atoms with Gasteiger partial charge in [0.15, 0.2) is 4.96 Å². The maximum Gasteiger partial charge on any atom is 0.268 e. The van der Waals surface area contributed by atoms with E-state index < -0.39 is 0 Å². The Labute approximate surface area is 194 Å². The second-order valence-corrected chi connectivity index (χ2v) is 8.86. The van der Waals surface area contributed by atoms with E-state index in [9.17, 15) is 14.0 Å². The minimum Gasteiger partial charge on any atom is -0.356 e. The Morgan fingerprint density at radius 3 is 2.79 bits per heavy atom. The Bertz CT molecular complexity index is 1370. The van der Waals surface area contributed by atoms with Crippen molar-refractivity contribution in [3.05, 3.63) is 69.0 Å². The standard InChI is InChI=1S/C24H26FN5O2S/c1-4-5-6-10-26-21(31)13-19-14-33-24-27-16(3)22(23(32)29(19)24)20-11-15(2)30(28-20)18-9-7-8-17(25)12-18/h7-9,11-12,14H,4-6,10,13H2,1-3H3,(H,26,31). The number of hydrogen-bond donors (Lipinski definition) is 1. The molecule has 1 N–H and O–H groups in total. The van der Waals surface area contributed by atoms with Crippen molar-refractivity contribution in [2.24, 2.45) is 0 Å². The van der Waals surface area contributed by atoms with Crippen LogP contribution >= 0.6 is 11.3 Å². The fourth-order valence-corrected chi connectivity index (χ4v) is 4.75. The van der Waals surface area contributed by atoms with Crippen LogP contribution in [0.1, 0.15) is 43.3 Å². The molecular formula is C24H26FN5O2S. The fourth-order valence-electron chi connectivity index (χ4n) is 3.82. The van der Waals surface area contributed by atoms with Crippen LogP contribution in [-0.2, 0) is 11.2 Å². The maximum absolute atomic E-state index is 13.7. The van der Waals surface area contributed by atoms with Gasteiger partial charge in [-0.2, -0.15) is 5.10 Å². The summed E-state index contributed by atoms with van der Waals surface area (Å²) in [6, 6.07) is 7.92. The first-order chi connectivity index (χ1) is 15.9. The summed E-state index contributed by atoms with van der Waals surface area (Å²) in [5.74, 6) is -0.481. The van der Waals surface area contributed by atoms with E-state index >= 15 is 0 Å². The summed E-state index contributed by atoms with van der Waals surface area (Å²) in [4.78, 5) is 31.0. The number of fused-ring (bicyclic) bond motifs is 1. The average Bonchev–Trinajstić information content (AvgIpc) is 3.34. The van der Waals surface area contributed by atoms with Crippen molar-refractivity contribution in [2.75, 3.05) is 6.54 Å². The van der Waals surface area contributed by atoms with Crippen molar-refractivity contribution in [1.82, 2.24) is 24.5 Å². The van der Waals surface area contributed by atoms with E-state index in [2.05, 4.69) is 22.3 Å². The molecule has 0 bridgehead atoms. The molecule has 33 heavy (non-hydrogen) atoms. The monoisotopic (exact) mass is 467 g/mol. The van der Waals surface area contributed by atoms with Crippen molar-refractivity contribution < 1.29 is 9.18 Å². The van der Waals surface area contributed by atoms with Gasteiger partial charge in [0.25, 0.3) is 5.56 Å². The number of benzene rings is 1. The quantitative estimate of drug-likeness (QED) is 0.394. The maximum atomic E-state index is 13.7. The van der Waals surface area contributed by atoms with Crippen molar-refractivity contribution >= 4 is 22.2 Å². The molecule has 0 radical (unpaired) electrons. The molecule has 4 rings (SSSR count). The Morgan fingerprint density at radius 2 is 2.03 bits per heavy atom. The van der Waals surface area contributed by atoms with Gasteiger partial charge in [0.1, 0.15) is 11.5 Å². The Morgan fingerprint density at radius 1 is 1.21 bits per heavy atom. The van der Waals surface area contributed by atoms with E-state index in [0.717, 1.165) is 25.0 Å². The molecule has 4 aromatic rings. The lowest BCUT2D eigenvalue weighted by Gasteiger charge is -2.07. The number of hydrogen-bond acceptors (Lipinski definition) is 5. The summed E-state index contributed by atoms with van der Waals surface area (Å²) in [6.45, 7) is 6.36. The summed E-state index contributed by atoms with van der Waals surface area (Å²) >= 11 is 1.33. The summed E-state index contributed by atoms with van der Waals surface area (Å²) in [5, 5.41) is 9.29. The molecule has 0 aliphatic carbocycles. The zero-order chi connectivity index (χ0) is 23.5. The molecule has 7 nitrogen and oxygen atoms in total. The minimum absolute atomic E-state index is 0.104. The highest BCUT2D eigenvalue weighted by atomic mass is 32.1. The summed E-state index contributed by atoms with van der Waals surface area (Å²) in [6.07, 6.45) is 3.19. The van der Waals surface area contributed by atoms with Gasteiger partial charge < -0.3 is 5.32 Å². The number of amides is 1. The molecule has 1 amide bonds. The summed E-state index contributed by atoms with van der Waals surface area (Å²) in [5.41, 5.74) is 3.05. The molecule has 1 aromatic carbocycles. The van der Waals surface area contributed by atoms with E-state index in [-0.39, 0.29) is 23.7 Å². The topological polar surface area (TPSA) is 81.3 Å². The van der Waals surface area contributed by atoms with Crippen LogP contribution in [0.3, 0.4) is 0 Å². The molecule has 3 heterocycles. The van der Waals surface area contributed by atoms with Crippen LogP contribution in [-0.4, -0.2) is 31.6 Å². The average molecular weight is 468 g/mol. The van der Waals surface area contributed by atoms with Gasteiger partial charge in [-0.25, -0.2) is 14.1 Å². The van der Waals surface area contributed by atoms with Gasteiger partial charge in [-0.3, -0.25) is 14.0 Å². The van der Waals surface area contributed by atoms with E-state index in [0.29, 0.717) is 39.8 Å². The third kappa shape index (κ3) is 4.73. The zero-order valence-corrected chi connectivity index (χ0v) is 19.7. The molecule has 0 saturated heterocycles. The van der Waals surface area contributed by atoms with Crippen molar-refractivity contribution in [1.29, 1.82) is 0 Å². The second-order valence-electron chi connectivity index (χ2n) is 8.02. The molecule has 0 atom stereocenters. The predicted molar refractivity (Wildman–Crippen MR) is 128 cm³/mol. The Balaban J connectivity index is 1.70. The van der Waals surface area contributed by atoms with E-state index in [1.54, 1.807) is 35.2 Å². The van der Waals surface area contributed by atoms with E-state index in [1.807, 2.05) is 6.92 Å². The van der Waals surface area contributed by atoms with Crippen molar-refractivity contribution in [2.45, 2.75) is 46.5 Å². The number of thiazole rings is 1. The first-order valence-corrected chi connectivity index (χ1v) is 11.9. The number of nitrogens with one attached hydrogen (secondary N) is 1. The third-order valence-corrected chi connectivity index (χ3v) is 6.34. The van der Waals surface area contributed by atoms with Gasteiger partial charge in [-0.1, -0.05) is 25.8 Å². The van der Waals surface area contributed by atoms with Crippen molar-refractivity contribution in [3.8, 4) is 16.9 Å². The molecule has 0 fully saturated rings. The number of carbonyl (C=O) groups is 1. The van der Waals surface area contributed by atoms with Crippen LogP contribution in [0.4, 0.5) is 4.39 Å². The molecule has 172 valence electrons. The lowest BCUT2D eigenvalue weighted by atomic mass is 10.1. The van der Waals surface area contributed by atoms with Crippen LogP contribution in [0, 0.1) is 19.7 Å². The van der Waals surface area contributed by atoms with E-state index in [1.165, 1.54) is 27.9 Å². The van der Waals surface area contributed by atoms with Crippen LogP contribution in [0.2, 0.25) is 0 Å². The molecule has 0 aliphatic heterocycles.